The zero-order chi connectivity index (χ0) is 13.3. The Morgan fingerprint density at radius 1 is 1.39 bits per heavy atom. The summed E-state index contributed by atoms with van der Waals surface area (Å²) in [6.45, 7) is 5.73. The number of carbonyl (C=O) groups excluding carboxylic acids is 1. The minimum Gasteiger partial charge on any atom is -0.490 e. The predicted molar refractivity (Wildman–Crippen MR) is 71.9 cm³/mol. The van der Waals surface area contributed by atoms with Crippen molar-refractivity contribution in [3.63, 3.8) is 0 Å². The number of hydrogen-bond donors (Lipinski definition) is 1. The second-order valence-corrected chi connectivity index (χ2v) is 5.55. The molecule has 98 valence electrons. The molecule has 0 aliphatic heterocycles. The van der Waals surface area contributed by atoms with E-state index < -0.39 is 5.54 Å². The van der Waals surface area contributed by atoms with E-state index in [1.807, 2.05) is 39.0 Å². The number of rotatable bonds is 5. The third-order valence-corrected chi connectivity index (χ3v) is 3.41. The molecule has 18 heavy (non-hydrogen) atoms. The zero-order valence-corrected chi connectivity index (χ0v) is 11.3. The molecular formula is C15H21NO2. The number of ether oxygens (including phenoxy) is 1. The summed E-state index contributed by atoms with van der Waals surface area (Å²) in [4.78, 5) is 12.5. The minimum atomic E-state index is -0.767. The summed E-state index contributed by atoms with van der Waals surface area (Å²) in [7, 11) is 0. The minimum absolute atomic E-state index is 0.0127. The lowest BCUT2D eigenvalue weighted by Gasteiger charge is -2.24. The molecule has 3 heteroatoms. The van der Waals surface area contributed by atoms with E-state index in [2.05, 4.69) is 0 Å². The van der Waals surface area contributed by atoms with Crippen molar-refractivity contribution in [3.05, 3.63) is 29.8 Å². The Hall–Kier alpha value is -1.35. The van der Waals surface area contributed by atoms with Gasteiger partial charge in [0.15, 0.2) is 5.78 Å². The summed E-state index contributed by atoms with van der Waals surface area (Å²) in [6.07, 6.45) is 2.14. The van der Waals surface area contributed by atoms with Gasteiger partial charge >= 0.3 is 0 Å². The molecule has 0 saturated heterocycles. The van der Waals surface area contributed by atoms with Crippen molar-refractivity contribution in [2.24, 2.45) is 11.7 Å². The van der Waals surface area contributed by atoms with E-state index in [0.717, 1.165) is 12.8 Å². The van der Waals surface area contributed by atoms with Crippen molar-refractivity contribution in [1.29, 1.82) is 0 Å². The van der Waals surface area contributed by atoms with Gasteiger partial charge in [-0.05, 0) is 51.7 Å². The molecule has 0 heterocycles. The molecule has 1 aromatic rings. The molecule has 1 fully saturated rings. The van der Waals surface area contributed by atoms with E-state index in [9.17, 15) is 4.79 Å². The van der Waals surface area contributed by atoms with E-state index in [0.29, 0.717) is 17.2 Å². The van der Waals surface area contributed by atoms with Crippen molar-refractivity contribution in [3.8, 4) is 5.75 Å². The van der Waals surface area contributed by atoms with Crippen molar-refractivity contribution >= 4 is 5.78 Å². The lowest BCUT2D eigenvalue weighted by atomic mass is 9.87. The van der Waals surface area contributed by atoms with Crippen LogP contribution in [-0.4, -0.2) is 17.4 Å². The van der Waals surface area contributed by atoms with Crippen LogP contribution in [0.1, 0.15) is 44.0 Å². The van der Waals surface area contributed by atoms with Crippen LogP contribution in [0, 0.1) is 5.92 Å². The Morgan fingerprint density at radius 3 is 2.56 bits per heavy atom. The lowest BCUT2D eigenvalue weighted by molar-refractivity contribution is 0.0877. The third-order valence-electron chi connectivity index (χ3n) is 3.41. The fourth-order valence-electron chi connectivity index (χ4n) is 2.17. The van der Waals surface area contributed by atoms with Crippen LogP contribution in [0.5, 0.6) is 5.75 Å². The van der Waals surface area contributed by atoms with Gasteiger partial charge in [-0.1, -0.05) is 12.1 Å². The average molecular weight is 247 g/mol. The molecule has 1 aromatic carbocycles. The number of ketones is 1. The predicted octanol–water partition coefficient (Wildman–Crippen LogP) is 2.78. The van der Waals surface area contributed by atoms with Gasteiger partial charge in [0.1, 0.15) is 5.75 Å². The van der Waals surface area contributed by atoms with Gasteiger partial charge in [-0.25, -0.2) is 0 Å². The van der Waals surface area contributed by atoms with Gasteiger partial charge < -0.3 is 10.5 Å². The third kappa shape index (κ3) is 2.56. The molecule has 1 saturated carbocycles. The Morgan fingerprint density at radius 2 is 2.00 bits per heavy atom. The van der Waals surface area contributed by atoms with Gasteiger partial charge in [0.05, 0.1) is 17.2 Å². The first-order valence-electron chi connectivity index (χ1n) is 6.52. The van der Waals surface area contributed by atoms with Crippen molar-refractivity contribution in [2.75, 3.05) is 0 Å². The monoisotopic (exact) mass is 247 g/mol. The van der Waals surface area contributed by atoms with Crippen molar-refractivity contribution in [2.45, 2.75) is 45.3 Å². The summed E-state index contributed by atoms with van der Waals surface area (Å²) in [6, 6.07) is 7.35. The highest BCUT2D eigenvalue weighted by Gasteiger charge is 2.44. The Bertz CT molecular complexity index is 448. The summed E-state index contributed by atoms with van der Waals surface area (Å²) in [5, 5.41) is 0. The Labute approximate surface area is 108 Å². The molecule has 0 spiro atoms. The second-order valence-electron chi connectivity index (χ2n) is 5.55. The SMILES string of the molecule is CC(C)Oc1ccccc1C(=O)C(C)(N)C1CC1. The van der Waals surface area contributed by atoms with Gasteiger partial charge in [-0.2, -0.15) is 0 Å². The summed E-state index contributed by atoms with van der Waals surface area (Å²) < 4.78 is 5.69. The number of nitrogens with two attached hydrogens (primary N) is 1. The molecule has 0 radical (unpaired) electrons. The largest absolute Gasteiger partial charge is 0.490 e. The van der Waals surface area contributed by atoms with E-state index in [1.54, 1.807) is 6.07 Å². The molecule has 0 bridgehead atoms. The van der Waals surface area contributed by atoms with Crippen LogP contribution in [0.15, 0.2) is 24.3 Å². The normalized spacial score (nSPS) is 18.5. The number of para-hydroxylation sites is 1. The van der Waals surface area contributed by atoms with Crippen LogP contribution in [0.3, 0.4) is 0 Å². The molecule has 1 aliphatic carbocycles. The standard InChI is InChI=1S/C15H21NO2/c1-10(2)18-13-7-5-4-6-12(13)14(17)15(3,16)11-8-9-11/h4-7,10-11H,8-9,16H2,1-3H3. The fraction of sp³-hybridized carbons (Fsp3) is 0.533. The van der Waals surface area contributed by atoms with Gasteiger partial charge in [-0.3, -0.25) is 4.79 Å². The first kappa shape index (κ1) is 13.1. The second kappa shape index (κ2) is 4.73. The summed E-state index contributed by atoms with van der Waals surface area (Å²) in [5.74, 6) is 0.938. The topological polar surface area (TPSA) is 52.3 Å². The molecule has 2 rings (SSSR count). The molecule has 1 atom stereocenters. The fourth-order valence-corrected chi connectivity index (χ4v) is 2.17. The van der Waals surface area contributed by atoms with Crippen LogP contribution >= 0.6 is 0 Å². The molecule has 3 nitrogen and oxygen atoms in total. The van der Waals surface area contributed by atoms with Crippen LogP contribution in [0.4, 0.5) is 0 Å². The molecule has 1 unspecified atom stereocenters. The van der Waals surface area contributed by atoms with Crippen molar-refractivity contribution in [1.82, 2.24) is 0 Å². The van der Waals surface area contributed by atoms with E-state index >= 15 is 0 Å². The van der Waals surface area contributed by atoms with E-state index in [1.165, 1.54) is 0 Å². The van der Waals surface area contributed by atoms with Crippen LogP contribution in [0.25, 0.3) is 0 Å². The average Bonchev–Trinajstić information content (AvgIpc) is 3.12. The maximum absolute atomic E-state index is 12.5. The van der Waals surface area contributed by atoms with Gasteiger partial charge in [0.25, 0.3) is 0 Å². The van der Waals surface area contributed by atoms with Gasteiger partial charge in [0, 0.05) is 0 Å². The number of hydrogen-bond acceptors (Lipinski definition) is 3. The zero-order valence-electron chi connectivity index (χ0n) is 11.3. The van der Waals surface area contributed by atoms with Gasteiger partial charge in [0.2, 0.25) is 0 Å². The van der Waals surface area contributed by atoms with E-state index in [4.69, 9.17) is 10.5 Å². The maximum Gasteiger partial charge on any atom is 0.186 e. The lowest BCUT2D eigenvalue weighted by Crippen LogP contribution is -2.47. The highest BCUT2D eigenvalue weighted by atomic mass is 16.5. The molecule has 0 amide bonds. The van der Waals surface area contributed by atoms with Crippen molar-refractivity contribution < 1.29 is 9.53 Å². The summed E-state index contributed by atoms with van der Waals surface area (Å²) >= 11 is 0. The molecule has 0 aromatic heterocycles. The van der Waals surface area contributed by atoms with Crippen LogP contribution < -0.4 is 10.5 Å². The molecule has 1 aliphatic rings. The number of carbonyl (C=O) groups is 1. The number of benzene rings is 1. The van der Waals surface area contributed by atoms with Crippen LogP contribution in [0.2, 0.25) is 0 Å². The highest BCUT2D eigenvalue weighted by Crippen LogP contribution is 2.40. The van der Waals surface area contributed by atoms with Crippen LogP contribution in [-0.2, 0) is 0 Å². The van der Waals surface area contributed by atoms with Gasteiger partial charge in [-0.15, -0.1) is 0 Å². The smallest absolute Gasteiger partial charge is 0.186 e. The molecular weight excluding hydrogens is 226 g/mol. The Kier molecular flexibility index (Phi) is 3.44. The quantitative estimate of drug-likeness (QED) is 0.814. The first-order chi connectivity index (χ1) is 8.43. The number of Topliss-reactive ketones (excluding diaryl/α,β-unsaturated/α-hetero) is 1. The molecule has 2 N–H and O–H groups in total. The highest BCUT2D eigenvalue weighted by molar-refractivity contribution is 6.05. The maximum atomic E-state index is 12.5. The summed E-state index contributed by atoms with van der Waals surface area (Å²) in [5.41, 5.74) is 6.02. The Balaban J connectivity index is 2.29. The first-order valence-corrected chi connectivity index (χ1v) is 6.52. The van der Waals surface area contributed by atoms with E-state index in [-0.39, 0.29) is 11.9 Å².